The minimum Gasteiger partial charge on any atom is -0.374 e. The molecule has 0 spiro atoms. The van der Waals surface area contributed by atoms with Crippen LogP contribution in [-0.4, -0.2) is 19.3 Å². The van der Waals surface area contributed by atoms with E-state index in [1.54, 1.807) is 6.07 Å². The number of likely N-dealkylation sites (N-methyl/N-ethyl adjacent to an activating group) is 1. The zero-order valence-electron chi connectivity index (χ0n) is 10.7. The Labute approximate surface area is 113 Å². The highest BCUT2D eigenvalue weighted by Gasteiger charge is 2.18. The smallest absolute Gasteiger partial charge is 0.0669 e. The second kappa shape index (κ2) is 6.05. The Bertz CT molecular complexity index is 374. The molecule has 17 heavy (non-hydrogen) atoms. The van der Waals surface area contributed by atoms with Gasteiger partial charge in [0, 0.05) is 0 Å². The quantitative estimate of drug-likeness (QED) is 0.895. The highest BCUT2D eigenvalue weighted by Crippen LogP contribution is 2.30. The summed E-state index contributed by atoms with van der Waals surface area (Å²) < 4.78 is 5.77. The molecule has 0 bridgehead atoms. The van der Waals surface area contributed by atoms with Crippen molar-refractivity contribution in [3.63, 3.8) is 0 Å². The van der Waals surface area contributed by atoms with Gasteiger partial charge < -0.3 is 10.1 Å². The number of rotatable bonds is 4. The molecule has 0 heterocycles. The normalized spacial score (nSPS) is 13.8. The number of hydrogen-bond acceptors (Lipinski definition) is 2. The maximum absolute atomic E-state index is 6.19. The first-order valence-corrected chi connectivity index (χ1v) is 6.36. The standard InChI is InChI=1S/C13H19Cl2NO/c1-13(2,3)17-8-11(16-4)9-6-5-7-10(14)12(9)15/h5-7,11,16H,8H2,1-4H3. The van der Waals surface area contributed by atoms with E-state index in [0.717, 1.165) is 5.56 Å². The van der Waals surface area contributed by atoms with Crippen molar-refractivity contribution in [2.45, 2.75) is 32.4 Å². The van der Waals surface area contributed by atoms with Gasteiger partial charge in [0.1, 0.15) is 0 Å². The van der Waals surface area contributed by atoms with Crippen LogP contribution in [-0.2, 0) is 4.74 Å². The van der Waals surface area contributed by atoms with Gasteiger partial charge in [-0.2, -0.15) is 0 Å². The lowest BCUT2D eigenvalue weighted by atomic mass is 10.1. The number of ether oxygens (including phenoxy) is 1. The van der Waals surface area contributed by atoms with Crippen molar-refractivity contribution in [3.05, 3.63) is 33.8 Å². The van der Waals surface area contributed by atoms with E-state index in [9.17, 15) is 0 Å². The third-order valence-corrected chi connectivity index (χ3v) is 3.22. The van der Waals surface area contributed by atoms with Gasteiger partial charge in [0.15, 0.2) is 0 Å². The van der Waals surface area contributed by atoms with Crippen LogP contribution in [0.4, 0.5) is 0 Å². The molecular weight excluding hydrogens is 257 g/mol. The molecule has 0 radical (unpaired) electrons. The molecule has 0 aliphatic heterocycles. The first-order chi connectivity index (χ1) is 7.85. The van der Waals surface area contributed by atoms with E-state index in [0.29, 0.717) is 16.7 Å². The van der Waals surface area contributed by atoms with Gasteiger partial charge in [-0.1, -0.05) is 35.3 Å². The summed E-state index contributed by atoms with van der Waals surface area (Å²) in [4.78, 5) is 0. The van der Waals surface area contributed by atoms with E-state index in [1.807, 2.05) is 40.0 Å². The Morgan fingerprint density at radius 2 is 1.94 bits per heavy atom. The Morgan fingerprint density at radius 1 is 1.29 bits per heavy atom. The third-order valence-electron chi connectivity index (χ3n) is 2.39. The van der Waals surface area contributed by atoms with Crippen LogP contribution >= 0.6 is 23.2 Å². The summed E-state index contributed by atoms with van der Waals surface area (Å²) in [6, 6.07) is 5.68. The molecule has 0 aromatic heterocycles. The molecule has 1 aromatic carbocycles. The Morgan fingerprint density at radius 3 is 2.47 bits per heavy atom. The van der Waals surface area contributed by atoms with Crippen LogP contribution in [0, 0.1) is 0 Å². The van der Waals surface area contributed by atoms with Crippen LogP contribution in [0.3, 0.4) is 0 Å². The molecule has 1 aromatic rings. The van der Waals surface area contributed by atoms with E-state index in [4.69, 9.17) is 27.9 Å². The van der Waals surface area contributed by atoms with Crippen molar-refractivity contribution < 1.29 is 4.74 Å². The van der Waals surface area contributed by atoms with E-state index < -0.39 is 0 Å². The highest BCUT2D eigenvalue weighted by molar-refractivity contribution is 6.42. The first-order valence-electron chi connectivity index (χ1n) is 5.60. The van der Waals surface area contributed by atoms with Crippen LogP contribution in [0.2, 0.25) is 10.0 Å². The summed E-state index contributed by atoms with van der Waals surface area (Å²) in [5.41, 5.74) is 0.797. The molecule has 1 N–H and O–H groups in total. The van der Waals surface area contributed by atoms with Gasteiger partial charge in [-0.15, -0.1) is 0 Å². The molecule has 0 amide bonds. The zero-order valence-corrected chi connectivity index (χ0v) is 12.2. The lowest BCUT2D eigenvalue weighted by molar-refractivity contribution is -0.0139. The largest absolute Gasteiger partial charge is 0.374 e. The van der Waals surface area contributed by atoms with Crippen molar-refractivity contribution in [2.24, 2.45) is 0 Å². The van der Waals surface area contributed by atoms with Gasteiger partial charge in [-0.25, -0.2) is 0 Å². The Hall–Kier alpha value is -0.280. The topological polar surface area (TPSA) is 21.3 Å². The predicted molar refractivity (Wildman–Crippen MR) is 74.0 cm³/mol. The molecule has 0 fully saturated rings. The maximum atomic E-state index is 6.19. The van der Waals surface area contributed by atoms with Crippen LogP contribution in [0.1, 0.15) is 32.4 Å². The van der Waals surface area contributed by atoms with E-state index in [2.05, 4.69) is 5.32 Å². The molecule has 2 nitrogen and oxygen atoms in total. The Balaban J connectivity index is 2.83. The minimum absolute atomic E-state index is 0.0421. The monoisotopic (exact) mass is 275 g/mol. The van der Waals surface area contributed by atoms with Crippen molar-refractivity contribution in [3.8, 4) is 0 Å². The van der Waals surface area contributed by atoms with Crippen molar-refractivity contribution >= 4 is 23.2 Å². The number of halogens is 2. The molecule has 1 unspecified atom stereocenters. The van der Waals surface area contributed by atoms with Gasteiger partial charge in [0.05, 0.1) is 28.3 Å². The van der Waals surface area contributed by atoms with Crippen LogP contribution in [0.25, 0.3) is 0 Å². The predicted octanol–water partition coefficient (Wildman–Crippen LogP) is 4.07. The fourth-order valence-electron chi connectivity index (χ4n) is 1.45. The molecule has 0 aliphatic rings. The van der Waals surface area contributed by atoms with Gasteiger partial charge >= 0.3 is 0 Å². The third kappa shape index (κ3) is 4.47. The van der Waals surface area contributed by atoms with E-state index in [-0.39, 0.29) is 11.6 Å². The molecule has 1 rings (SSSR count). The van der Waals surface area contributed by atoms with Crippen LogP contribution in [0.15, 0.2) is 18.2 Å². The van der Waals surface area contributed by atoms with E-state index >= 15 is 0 Å². The summed E-state index contributed by atoms with van der Waals surface area (Å²) >= 11 is 12.2. The van der Waals surface area contributed by atoms with Crippen LogP contribution < -0.4 is 5.32 Å². The Kier molecular flexibility index (Phi) is 5.26. The van der Waals surface area contributed by atoms with Gasteiger partial charge in [0.25, 0.3) is 0 Å². The summed E-state index contributed by atoms with van der Waals surface area (Å²) in [6.07, 6.45) is 0. The fourth-order valence-corrected chi connectivity index (χ4v) is 1.89. The molecule has 0 saturated heterocycles. The van der Waals surface area contributed by atoms with Gasteiger partial charge in [-0.05, 0) is 39.4 Å². The van der Waals surface area contributed by atoms with Crippen LogP contribution in [0.5, 0.6) is 0 Å². The molecule has 0 saturated carbocycles. The lowest BCUT2D eigenvalue weighted by Crippen LogP contribution is -2.28. The summed E-state index contributed by atoms with van der Waals surface area (Å²) in [6.45, 7) is 6.64. The zero-order chi connectivity index (χ0) is 13.1. The summed E-state index contributed by atoms with van der Waals surface area (Å²) in [7, 11) is 1.88. The second-order valence-electron chi connectivity index (χ2n) is 4.91. The number of hydrogen-bond donors (Lipinski definition) is 1. The molecule has 1 atom stereocenters. The minimum atomic E-state index is -0.167. The van der Waals surface area contributed by atoms with Crippen molar-refractivity contribution in [1.29, 1.82) is 0 Å². The van der Waals surface area contributed by atoms with Crippen molar-refractivity contribution in [2.75, 3.05) is 13.7 Å². The molecule has 0 aliphatic carbocycles. The highest BCUT2D eigenvalue weighted by atomic mass is 35.5. The average molecular weight is 276 g/mol. The second-order valence-corrected chi connectivity index (χ2v) is 5.69. The number of benzene rings is 1. The fraction of sp³-hybridized carbons (Fsp3) is 0.538. The SMILES string of the molecule is CNC(COC(C)(C)C)c1cccc(Cl)c1Cl. The molecule has 96 valence electrons. The van der Waals surface area contributed by atoms with Gasteiger partial charge in [0.2, 0.25) is 0 Å². The summed E-state index contributed by atoms with van der Waals surface area (Å²) in [5, 5.41) is 4.35. The molecular formula is C13H19Cl2NO. The van der Waals surface area contributed by atoms with Gasteiger partial charge in [-0.3, -0.25) is 0 Å². The average Bonchev–Trinajstić information content (AvgIpc) is 2.23. The lowest BCUT2D eigenvalue weighted by Gasteiger charge is -2.25. The molecule has 4 heteroatoms. The van der Waals surface area contributed by atoms with Crippen molar-refractivity contribution in [1.82, 2.24) is 5.32 Å². The number of nitrogens with one attached hydrogen (secondary N) is 1. The summed E-state index contributed by atoms with van der Waals surface area (Å²) in [5.74, 6) is 0. The maximum Gasteiger partial charge on any atom is 0.0669 e. The first kappa shape index (κ1) is 14.8. The van der Waals surface area contributed by atoms with E-state index in [1.165, 1.54) is 0 Å².